The predicted octanol–water partition coefficient (Wildman–Crippen LogP) is 6.43. The number of aliphatic imine (C=N–C) groups is 1. The van der Waals surface area contributed by atoms with Crippen molar-refractivity contribution in [2.45, 2.75) is 13.5 Å². The van der Waals surface area contributed by atoms with Crippen molar-refractivity contribution in [2.24, 2.45) is 4.99 Å². The summed E-state index contributed by atoms with van der Waals surface area (Å²) >= 11 is 6.32. The number of aromatic nitrogens is 2. The zero-order chi connectivity index (χ0) is 22.8. The molecule has 0 saturated heterocycles. The molecule has 0 saturated carbocycles. The molecule has 5 rings (SSSR count). The fraction of sp³-hybridized carbons (Fsp3) is 0.115. The maximum atomic E-state index is 14.7. The van der Waals surface area contributed by atoms with Crippen LogP contribution in [0.1, 0.15) is 23.6 Å². The van der Waals surface area contributed by atoms with Gasteiger partial charge < -0.3 is 10.1 Å². The molecular weight excluding hydrogens is 439 g/mol. The van der Waals surface area contributed by atoms with Crippen LogP contribution in [0.3, 0.4) is 0 Å². The molecule has 4 aromatic rings. The van der Waals surface area contributed by atoms with Crippen LogP contribution in [0.4, 0.5) is 16.0 Å². The maximum absolute atomic E-state index is 14.7. The van der Waals surface area contributed by atoms with Gasteiger partial charge in [0.25, 0.3) is 0 Å². The van der Waals surface area contributed by atoms with Crippen LogP contribution in [0.2, 0.25) is 5.02 Å². The summed E-state index contributed by atoms with van der Waals surface area (Å²) in [6, 6.07) is 19.7. The van der Waals surface area contributed by atoms with Crippen LogP contribution in [0.15, 0.2) is 77.9 Å². The molecule has 1 aromatic heterocycles. The lowest BCUT2D eigenvalue weighted by Crippen LogP contribution is -2.07. The van der Waals surface area contributed by atoms with Crippen LogP contribution in [-0.2, 0) is 6.54 Å². The van der Waals surface area contributed by atoms with Gasteiger partial charge in [0.2, 0.25) is 5.95 Å². The molecule has 2 heterocycles. The number of benzene rings is 3. The minimum absolute atomic E-state index is 0.328. The standard InChI is InChI=1S/C26H20ClFN4O/c1-2-33-19-10-8-18(9-11-19)31-26-30-15-16-14-29-25(21-5-3-4-6-23(21)28)22-13-17(27)7-12-20(22)24(16)32-26/h3-13,15H,2,14H2,1H3,(H,30,31,32). The lowest BCUT2D eigenvalue weighted by atomic mass is 9.95. The Morgan fingerprint density at radius 2 is 1.82 bits per heavy atom. The quantitative estimate of drug-likeness (QED) is 0.374. The molecular formula is C26H20ClFN4O. The van der Waals surface area contributed by atoms with Crippen molar-refractivity contribution in [3.8, 4) is 17.0 Å². The molecule has 0 fully saturated rings. The summed E-state index contributed by atoms with van der Waals surface area (Å²) in [6.45, 7) is 2.89. The van der Waals surface area contributed by atoms with Crippen LogP contribution in [0.5, 0.6) is 5.75 Å². The van der Waals surface area contributed by atoms with E-state index in [4.69, 9.17) is 26.3 Å². The molecule has 1 aliphatic rings. The van der Waals surface area contributed by atoms with Crippen molar-refractivity contribution in [3.63, 3.8) is 0 Å². The van der Waals surface area contributed by atoms with Gasteiger partial charge in [-0.15, -0.1) is 0 Å². The monoisotopic (exact) mass is 458 g/mol. The SMILES string of the molecule is CCOc1ccc(Nc2ncc3c(n2)-c2ccc(Cl)cc2C(c2ccccc2F)=NC3)cc1. The number of hydrogen-bond donors (Lipinski definition) is 1. The smallest absolute Gasteiger partial charge is 0.227 e. The molecule has 0 spiro atoms. The van der Waals surface area contributed by atoms with Crippen LogP contribution in [0.25, 0.3) is 11.3 Å². The molecule has 7 heteroatoms. The van der Waals surface area contributed by atoms with Gasteiger partial charge in [0.1, 0.15) is 11.6 Å². The van der Waals surface area contributed by atoms with E-state index in [1.165, 1.54) is 6.07 Å². The summed E-state index contributed by atoms with van der Waals surface area (Å²) < 4.78 is 20.1. The highest BCUT2D eigenvalue weighted by Gasteiger charge is 2.23. The zero-order valence-corrected chi connectivity index (χ0v) is 18.6. The van der Waals surface area contributed by atoms with Gasteiger partial charge in [-0.2, -0.15) is 0 Å². The van der Waals surface area contributed by atoms with Crippen molar-refractivity contribution in [1.82, 2.24) is 9.97 Å². The maximum Gasteiger partial charge on any atom is 0.227 e. The molecule has 0 atom stereocenters. The molecule has 3 aromatic carbocycles. The summed E-state index contributed by atoms with van der Waals surface area (Å²) in [5.74, 6) is 0.916. The number of halogens is 2. The largest absolute Gasteiger partial charge is 0.494 e. The number of ether oxygens (including phenoxy) is 1. The lowest BCUT2D eigenvalue weighted by Gasteiger charge is -2.13. The molecule has 1 N–H and O–H groups in total. The zero-order valence-electron chi connectivity index (χ0n) is 17.8. The van der Waals surface area contributed by atoms with E-state index >= 15 is 0 Å². The summed E-state index contributed by atoms with van der Waals surface area (Å²) in [6.07, 6.45) is 1.76. The molecule has 0 radical (unpaired) electrons. The van der Waals surface area contributed by atoms with E-state index in [0.29, 0.717) is 35.4 Å². The van der Waals surface area contributed by atoms with Gasteiger partial charge in [-0.25, -0.2) is 14.4 Å². The molecule has 5 nitrogen and oxygen atoms in total. The fourth-order valence-corrected chi connectivity index (χ4v) is 3.97. The number of nitrogens with zero attached hydrogens (tertiary/aromatic N) is 3. The van der Waals surface area contributed by atoms with Crippen LogP contribution >= 0.6 is 11.6 Å². The van der Waals surface area contributed by atoms with E-state index < -0.39 is 0 Å². The highest BCUT2D eigenvalue weighted by atomic mass is 35.5. The van der Waals surface area contributed by atoms with Crippen molar-refractivity contribution in [2.75, 3.05) is 11.9 Å². The van der Waals surface area contributed by atoms with Crippen molar-refractivity contribution in [1.29, 1.82) is 0 Å². The van der Waals surface area contributed by atoms with Crippen molar-refractivity contribution < 1.29 is 9.13 Å². The third-order valence-corrected chi connectivity index (χ3v) is 5.55. The number of rotatable bonds is 5. The lowest BCUT2D eigenvalue weighted by molar-refractivity contribution is 0.340. The number of hydrogen-bond acceptors (Lipinski definition) is 5. The second kappa shape index (κ2) is 9.00. The molecule has 164 valence electrons. The Hall–Kier alpha value is -3.77. The number of anilines is 2. The Morgan fingerprint density at radius 1 is 1.00 bits per heavy atom. The van der Waals surface area contributed by atoms with Crippen LogP contribution in [-0.4, -0.2) is 22.3 Å². The highest BCUT2D eigenvalue weighted by molar-refractivity contribution is 6.31. The molecule has 0 aliphatic carbocycles. The van der Waals surface area contributed by atoms with Gasteiger partial charge in [0, 0.05) is 39.2 Å². The van der Waals surface area contributed by atoms with Gasteiger partial charge in [-0.1, -0.05) is 29.8 Å². The average Bonchev–Trinajstić information content (AvgIpc) is 2.97. The Bertz CT molecular complexity index is 1360. The highest BCUT2D eigenvalue weighted by Crippen LogP contribution is 2.34. The third kappa shape index (κ3) is 4.30. The molecule has 0 unspecified atom stereocenters. The van der Waals surface area contributed by atoms with E-state index in [1.54, 1.807) is 36.5 Å². The molecule has 33 heavy (non-hydrogen) atoms. The Balaban J connectivity index is 1.55. The Labute approximate surface area is 196 Å². The summed E-state index contributed by atoms with van der Waals surface area (Å²) in [5.41, 5.74) is 4.95. The third-order valence-electron chi connectivity index (χ3n) is 5.31. The fourth-order valence-electron chi connectivity index (χ4n) is 3.80. The second-order valence-corrected chi connectivity index (χ2v) is 7.92. The first-order valence-electron chi connectivity index (χ1n) is 10.6. The average molecular weight is 459 g/mol. The van der Waals surface area contributed by atoms with Gasteiger partial charge in [-0.3, -0.25) is 4.99 Å². The van der Waals surface area contributed by atoms with E-state index in [-0.39, 0.29) is 5.82 Å². The van der Waals surface area contributed by atoms with Gasteiger partial charge in [0.05, 0.1) is 24.6 Å². The van der Waals surface area contributed by atoms with Gasteiger partial charge in [-0.05, 0) is 55.5 Å². The summed E-state index contributed by atoms with van der Waals surface area (Å²) in [7, 11) is 0. The van der Waals surface area contributed by atoms with E-state index in [9.17, 15) is 4.39 Å². The van der Waals surface area contributed by atoms with Gasteiger partial charge in [0.15, 0.2) is 0 Å². The minimum atomic E-state index is -0.336. The van der Waals surface area contributed by atoms with Crippen molar-refractivity contribution >= 4 is 28.9 Å². The summed E-state index contributed by atoms with van der Waals surface area (Å²) in [5, 5.41) is 3.78. The number of fused-ring (bicyclic) bond motifs is 3. The molecule has 0 bridgehead atoms. The van der Waals surface area contributed by atoms with Crippen LogP contribution < -0.4 is 10.1 Å². The van der Waals surface area contributed by atoms with Gasteiger partial charge >= 0.3 is 0 Å². The van der Waals surface area contributed by atoms with E-state index in [1.807, 2.05) is 37.3 Å². The second-order valence-electron chi connectivity index (χ2n) is 7.48. The predicted molar refractivity (Wildman–Crippen MR) is 129 cm³/mol. The Kier molecular flexibility index (Phi) is 5.75. The minimum Gasteiger partial charge on any atom is -0.494 e. The van der Waals surface area contributed by atoms with Crippen LogP contribution in [0, 0.1) is 5.82 Å². The normalized spacial score (nSPS) is 12.3. The summed E-state index contributed by atoms with van der Waals surface area (Å²) in [4.78, 5) is 14.0. The van der Waals surface area contributed by atoms with Crippen molar-refractivity contribution in [3.05, 3.63) is 100 Å². The molecule has 1 aliphatic heterocycles. The van der Waals surface area contributed by atoms with E-state index in [2.05, 4.69) is 10.3 Å². The topological polar surface area (TPSA) is 59.4 Å². The Morgan fingerprint density at radius 3 is 2.61 bits per heavy atom. The first-order valence-corrected chi connectivity index (χ1v) is 11.0. The first kappa shape index (κ1) is 21.1. The number of nitrogens with one attached hydrogen (secondary N) is 1. The van der Waals surface area contributed by atoms with E-state index in [0.717, 1.165) is 33.8 Å². The first-order chi connectivity index (χ1) is 16.1. The molecule has 0 amide bonds.